The fourth-order valence-electron chi connectivity index (χ4n) is 1.18. The predicted molar refractivity (Wildman–Crippen MR) is 58.7 cm³/mol. The quantitative estimate of drug-likeness (QED) is 0.768. The Balaban J connectivity index is 2.11. The largest absolute Gasteiger partial charge is 0.365 e. The maximum absolute atomic E-state index is 4.28. The summed E-state index contributed by atoms with van der Waals surface area (Å²) in [6.45, 7) is 4.92. The van der Waals surface area contributed by atoms with Crippen LogP contribution < -0.4 is 5.32 Å². The van der Waals surface area contributed by atoms with Crippen LogP contribution in [0.4, 0.5) is 5.82 Å². The van der Waals surface area contributed by atoms with Gasteiger partial charge in [0.25, 0.3) is 0 Å². The number of fused-ring (bicyclic) bond motifs is 1. The van der Waals surface area contributed by atoms with E-state index in [9.17, 15) is 0 Å². The van der Waals surface area contributed by atoms with Gasteiger partial charge in [0.15, 0.2) is 5.65 Å². The van der Waals surface area contributed by atoms with Crippen LogP contribution in [0.15, 0.2) is 30.1 Å². The summed E-state index contributed by atoms with van der Waals surface area (Å²) in [7, 11) is 0. The topological polar surface area (TPSA) is 55.1 Å². The molecule has 2 aromatic heterocycles. The highest BCUT2D eigenvalue weighted by molar-refractivity contribution is 5.43. The second-order valence-electron chi connectivity index (χ2n) is 3.51. The van der Waals surface area contributed by atoms with E-state index in [0.717, 1.165) is 18.0 Å². The van der Waals surface area contributed by atoms with Crippen LogP contribution >= 0.6 is 0 Å². The highest BCUT2D eigenvalue weighted by Gasteiger charge is 1.97. The Kier molecular flexibility index (Phi) is 2.62. The molecule has 0 aromatic carbocycles. The van der Waals surface area contributed by atoms with E-state index < -0.39 is 0 Å². The molecule has 0 aliphatic rings. The van der Waals surface area contributed by atoms with Crippen molar-refractivity contribution in [2.75, 3.05) is 11.9 Å². The van der Waals surface area contributed by atoms with Crippen molar-refractivity contribution < 1.29 is 0 Å². The maximum atomic E-state index is 4.28. The molecule has 0 saturated carbocycles. The van der Waals surface area contributed by atoms with E-state index in [0.29, 0.717) is 0 Å². The summed E-state index contributed by atoms with van der Waals surface area (Å²) in [6, 6.07) is 3.77. The Bertz CT molecular complexity index is 481. The van der Waals surface area contributed by atoms with Gasteiger partial charge in [-0.3, -0.25) is 0 Å². The van der Waals surface area contributed by atoms with Gasteiger partial charge in [-0.1, -0.05) is 11.6 Å². The molecule has 0 atom stereocenters. The average molecular weight is 203 g/mol. The van der Waals surface area contributed by atoms with Gasteiger partial charge in [0, 0.05) is 6.54 Å². The molecule has 15 heavy (non-hydrogen) atoms. The first kappa shape index (κ1) is 9.64. The van der Waals surface area contributed by atoms with E-state index in [1.54, 1.807) is 10.8 Å². The van der Waals surface area contributed by atoms with Crippen molar-refractivity contribution in [1.82, 2.24) is 19.8 Å². The lowest BCUT2D eigenvalue weighted by Crippen LogP contribution is -2.03. The fraction of sp³-hybridized carbons (Fsp3) is 0.300. The maximum Gasteiger partial charge on any atom is 0.177 e. The summed E-state index contributed by atoms with van der Waals surface area (Å²) in [5, 5.41) is 15.1. The average Bonchev–Trinajstić information content (AvgIpc) is 2.64. The first-order chi connectivity index (χ1) is 7.25. The zero-order valence-corrected chi connectivity index (χ0v) is 8.81. The van der Waals surface area contributed by atoms with Gasteiger partial charge in [0.05, 0.1) is 0 Å². The summed E-state index contributed by atoms with van der Waals surface area (Å²) >= 11 is 0. The number of hydrogen-bond acceptors (Lipinski definition) is 4. The van der Waals surface area contributed by atoms with Crippen molar-refractivity contribution in [1.29, 1.82) is 0 Å². The van der Waals surface area contributed by atoms with E-state index in [1.165, 1.54) is 5.57 Å². The number of nitrogens with one attached hydrogen (secondary N) is 1. The van der Waals surface area contributed by atoms with Crippen molar-refractivity contribution in [3.8, 4) is 0 Å². The lowest BCUT2D eigenvalue weighted by Gasteiger charge is -2.02. The molecule has 0 fully saturated rings. The van der Waals surface area contributed by atoms with Crippen molar-refractivity contribution in [2.45, 2.75) is 13.8 Å². The molecular weight excluding hydrogens is 190 g/mol. The van der Waals surface area contributed by atoms with E-state index in [-0.39, 0.29) is 0 Å². The monoisotopic (exact) mass is 203 g/mol. The third kappa shape index (κ3) is 2.31. The highest BCUT2D eigenvalue weighted by Crippen LogP contribution is 2.03. The van der Waals surface area contributed by atoms with Gasteiger partial charge in [-0.25, -0.2) is 0 Å². The van der Waals surface area contributed by atoms with Crippen LogP contribution in [0.2, 0.25) is 0 Å². The summed E-state index contributed by atoms with van der Waals surface area (Å²) in [5.41, 5.74) is 2.04. The summed E-state index contributed by atoms with van der Waals surface area (Å²) < 4.78 is 1.64. The van der Waals surface area contributed by atoms with Crippen LogP contribution in [-0.4, -0.2) is 26.4 Å². The van der Waals surface area contributed by atoms with Gasteiger partial charge in [0.2, 0.25) is 0 Å². The number of anilines is 1. The van der Waals surface area contributed by atoms with Gasteiger partial charge in [0.1, 0.15) is 12.1 Å². The van der Waals surface area contributed by atoms with Crippen LogP contribution in [-0.2, 0) is 0 Å². The van der Waals surface area contributed by atoms with E-state index in [2.05, 4.69) is 40.5 Å². The van der Waals surface area contributed by atoms with Crippen LogP contribution in [0.5, 0.6) is 0 Å². The van der Waals surface area contributed by atoms with E-state index in [4.69, 9.17) is 0 Å². The minimum atomic E-state index is 0.753. The summed E-state index contributed by atoms with van der Waals surface area (Å²) in [5.74, 6) is 0.819. The number of rotatable bonds is 3. The zero-order chi connectivity index (χ0) is 10.7. The van der Waals surface area contributed by atoms with E-state index in [1.807, 2.05) is 12.1 Å². The van der Waals surface area contributed by atoms with Crippen molar-refractivity contribution in [3.63, 3.8) is 0 Å². The highest BCUT2D eigenvalue weighted by atomic mass is 15.4. The molecule has 0 radical (unpaired) electrons. The van der Waals surface area contributed by atoms with Gasteiger partial charge in [-0.15, -0.1) is 15.3 Å². The van der Waals surface area contributed by atoms with Gasteiger partial charge >= 0.3 is 0 Å². The summed E-state index contributed by atoms with van der Waals surface area (Å²) in [6.07, 6.45) is 3.69. The second kappa shape index (κ2) is 4.08. The molecular formula is C10H13N5. The molecule has 5 heteroatoms. The van der Waals surface area contributed by atoms with Gasteiger partial charge < -0.3 is 5.32 Å². The first-order valence-electron chi connectivity index (χ1n) is 4.80. The Hall–Kier alpha value is -1.91. The smallest absolute Gasteiger partial charge is 0.177 e. The predicted octanol–water partition coefficient (Wildman–Crippen LogP) is 1.50. The minimum Gasteiger partial charge on any atom is -0.365 e. The molecule has 0 spiro atoms. The molecule has 0 amide bonds. The molecule has 0 saturated heterocycles. The Morgan fingerprint density at radius 1 is 1.47 bits per heavy atom. The third-order valence-electron chi connectivity index (χ3n) is 1.96. The molecule has 0 aliphatic heterocycles. The van der Waals surface area contributed by atoms with E-state index >= 15 is 0 Å². The molecule has 0 bridgehead atoms. The Morgan fingerprint density at radius 2 is 2.33 bits per heavy atom. The zero-order valence-electron chi connectivity index (χ0n) is 8.81. The van der Waals surface area contributed by atoms with Crippen LogP contribution in [0.3, 0.4) is 0 Å². The van der Waals surface area contributed by atoms with Crippen LogP contribution in [0.25, 0.3) is 5.65 Å². The fourth-order valence-corrected chi connectivity index (χ4v) is 1.18. The molecule has 2 rings (SSSR count). The van der Waals surface area contributed by atoms with Crippen molar-refractivity contribution >= 4 is 11.5 Å². The number of aromatic nitrogens is 4. The second-order valence-corrected chi connectivity index (χ2v) is 3.51. The standard InChI is InChI=1S/C10H13N5/c1-8(2)5-6-11-9-3-4-10-13-12-7-15(10)14-9/h3-5,7H,6H2,1-2H3,(H,11,14). The number of nitrogens with zero attached hydrogens (tertiary/aromatic N) is 4. The lowest BCUT2D eigenvalue weighted by molar-refractivity contribution is 0.925. The van der Waals surface area contributed by atoms with Gasteiger partial charge in [-0.05, 0) is 26.0 Å². The molecule has 5 nitrogen and oxygen atoms in total. The van der Waals surface area contributed by atoms with Gasteiger partial charge in [-0.2, -0.15) is 4.52 Å². The Morgan fingerprint density at radius 3 is 3.13 bits per heavy atom. The summed E-state index contributed by atoms with van der Waals surface area (Å²) in [4.78, 5) is 0. The third-order valence-corrected chi connectivity index (χ3v) is 1.96. The first-order valence-corrected chi connectivity index (χ1v) is 4.80. The molecule has 2 heterocycles. The molecule has 0 aliphatic carbocycles. The number of allylic oxidation sites excluding steroid dienone is 1. The Labute approximate surface area is 87.8 Å². The molecule has 0 unspecified atom stereocenters. The van der Waals surface area contributed by atoms with Crippen molar-refractivity contribution in [2.24, 2.45) is 0 Å². The van der Waals surface area contributed by atoms with Crippen LogP contribution in [0, 0.1) is 0 Å². The number of hydrogen-bond donors (Lipinski definition) is 1. The van der Waals surface area contributed by atoms with Crippen LogP contribution in [0.1, 0.15) is 13.8 Å². The molecule has 78 valence electrons. The lowest BCUT2D eigenvalue weighted by atomic mass is 10.3. The minimum absolute atomic E-state index is 0.753. The molecule has 2 aromatic rings. The SMILES string of the molecule is CC(C)=CCNc1ccc2nncn2n1. The molecule has 1 N–H and O–H groups in total. The van der Waals surface area contributed by atoms with Crippen molar-refractivity contribution in [3.05, 3.63) is 30.1 Å². The normalized spacial score (nSPS) is 10.3.